The fourth-order valence-corrected chi connectivity index (χ4v) is 1.59. The van der Waals surface area contributed by atoms with Crippen molar-refractivity contribution in [2.24, 2.45) is 4.99 Å². The van der Waals surface area contributed by atoms with Crippen LogP contribution < -0.4 is 0 Å². The van der Waals surface area contributed by atoms with E-state index in [2.05, 4.69) is 0 Å². The fraction of sp³-hybridized carbons (Fsp3) is 0.909. The summed E-state index contributed by atoms with van der Waals surface area (Å²) in [5.74, 6) is -47.7. The molecular formula is C11H4F17NO. The molecule has 0 N–H and O–H groups in total. The van der Waals surface area contributed by atoms with Crippen LogP contribution in [0.5, 0.6) is 0 Å². The van der Waals surface area contributed by atoms with Crippen LogP contribution in [-0.4, -0.2) is 53.8 Å². The molecule has 0 bridgehead atoms. The van der Waals surface area contributed by atoms with Crippen molar-refractivity contribution in [3.05, 3.63) is 0 Å². The third-order valence-corrected chi connectivity index (χ3v) is 3.32. The number of hydrogen-bond donors (Lipinski definition) is 0. The average Bonchev–Trinajstić information content (AvgIpc) is 2.51. The molecule has 0 aromatic heterocycles. The second kappa shape index (κ2) is 7.40. The molecule has 0 rings (SSSR count). The van der Waals surface area contributed by atoms with Gasteiger partial charge in [0.1, 0.15) is 0 Å². The van der Waals surface area contributed by atoms with E-state index in [0.717, 1.165) is 0 Å². The second-order valence-corrected chi connectivity index (χ2v) is 5.44. The third-order valence-electron chi connectivity index (χ3n) is 3.32. The molecule has 30 heavy (non-hydrogen) atoms. The van der Waals surface area contributed by atoms with Crippen LogP contribution in [0.1, 0.15) is 12.8 Å². The monoisotopic (exact) mass is 489 g/mol. The summed E-state index contributed by atoms with van der Waals surface area (Å²) in [6.07, 6.45) is -12.8. The van der Waals surface area contributed by atoms with Crippen LogP contribution in [0.2, 0.25) is 0 Å². The van der Waals surface area contributed by atoms with Gasteiger partial charge in [0.2, 0.25) is 6.08 Å². The molecule has 0 amide bonds. The lowest BCUT2D eigenvalue weighted by Gasteiger charge is -2.41. The first-order chi connectivity index (χ1) is 12.8. The van der Waals surface area contributed by atoms with Crippen molar-refractivity contribution in [2.45, 2.75) is 60.6 Å². The number of hydrogen-bond acceptors (Lipinski definition) is 2. The number of aliphatic imine (C=N–C) groups is 1. The van der Waals surface area contributed by atoms with Crippen LogP contribution in [0.15, 0.2) is 4.99 Å². The third kappa shape index (κ3) is 4.16. The first-order valence-corrected chi connectivity index (χ1v) is 6.57. The lowest BCUT2D eigenvalue weighted by molar-refractivity contribution is -0.441. The van der Waals surface area contributed by atoms with Crippen LogP contribution in [-0.2, 0) is 4.79 Å². The van der Waals surface area contributed by atoms with Gasteiger partial charge in [-0.2, -0.15) is 74.6 Å². The zero-order chi connectivity index (χ0) is 24.8. The molecule has 19 heteroatoms. The Kier molecular flexibility index (Phi) is 6.96. The summed E-state index contributed by atoms with van der Waals surface area (Å²) in [5.41, 5.74) is 0. The molecule has 0 aliphatic carbocycles. The van der Waals surface area contributed by atoms with E-state index < -0.39 is 66.7 Å². The van der Waals surface area contributed by atoms with E-state index >= 15 is 0 Å². The molecule has 0 saturated heterocycles. The van der Waals surface area contributed by atoms with Crippen molar-refractivity contribution in [1.29, 1.82) is 0 Å². The Labute approximate surface area is 152 Å². The van der Waals surface area contributed by atoms with Gasteiger partial charge >= 0.3 is 47.8 Å². The van der Waals surface area contributed by atoms with Gasteiger partial charge in [-0.3, -0.25) is 0 Å². The van der Waals surface area contributed by atoms with Gasteiger partial charge in [0.05, 0.1) is 0 Å². The van der Waals surface area contributed by atoms with Crippen molar-refractivity contribution in [2.75, 3.05) is 0 Å². The number of halogens is 17. The molecular weight excluding hydrogens is 485 g/mol. The Bertz CT molecular complexity index is 672. The van der Waals surface area contributed by atoms with Crippen molar-refractivity contribution in [3.8, 4) is 0 Å². The molecule has 0 aliphatic heterocycles. The van der Waals surface area contributed by atoms with Gasteiger partial charge in [-0.15, -0.1) is 4.99 Å². The van der Waals surface area contributed by atoms with E-state index in [1.807, 2.05) is 0 Å². The maximum Gasteiger partial charge on any atom is 0.421 e. The Morgan fingerprint density at radius 2 is 0.833 bits per heavy atom. The summed E-state index contributed by atoms with van der Waals surface area (Å²) >= 11 is 0. The van der Waals surface area contributed by atoms with Gasteiger partial charge in [-0.25, -0.2) is 4.79 Å². The van der Waals surface area contributed by atoms with Gasteiger partial charge in [0, 0.05) is 12.8 Å². The summed E-state index contributed by atoms with van der Waals surface area (Å²) in [6, 6.07) is -6.98. The lowest BCUT2D eigenvalue weighted by Crippen LogP contribution is -2.72. The Balaban J connectivity index is 6.49. The number of carbonyl (C=O) groups excluding carboxylic acids is 1. The molecule has 0 spiro atoms. The zero-order valence-corrected chi connectivity index (χ0v) is 13.2. The standard InChI is InChI=1S/C11H4F17NO/c12-4(13,1-2-5(14,15)16)6(17,18)7(19,20)8(21,22)9(23,24)10(25,26)11(27,28)29-3-30/h1-2H2. The molecule has 0 heterocycles. The van der Waals surface area contributed by atoms with Gasteiger partial charge in [-0.05, 0) is 0 Å². The first kappa shape index (κ1) is 28.2. The minimum Gasteiger partial charge on any atom is -0.211 e. The second-order valence-electron chi connectivity index (χ2n) is 5.44. The van der Waals surface area contributed by atoms with Gasteiger partial charge in [-0.1, -0.05) is 0 Å². The van der Waals surface area contributed by atoms with Crippen LogP contribution in [0.3, 0.4) is 0 Å². The van der Waals surface area contributed by atoms with Crippen LogP contribution in [0.25, 0.3) is 0 Å². The molecule has 0 fully saturated rings. The highest BCUT2D eigenvalue weighted by Gasteiger charge is 2.93. The molecule has 0 unspecified atom stereocenters. The molecule has 0 aliphatic rings. The topological polar surface area (TPSA) is 29.4 Å². The van der Waals surface area contributed by atoms with Crippen LogP contribution in [0, 0.1) is 0 Å². The predicted octanol–water partition coefficient (Wildman–Crippen LogP) is 6.07. The summed E-state index contributed by atoms with van der Waals surface area (Å²) in [6.45, 7) is 0. The summed E-state index contributed by atoms with van der Waals surface area (Å²) < 4.78 is 219. The van der Waals surface area contributed by atoms with E-state index in [9.17, 15) is 79.4 Å². The number of nitrogens with zero attached hydrogens (tertiary/aromatic N) is 1. The highest BCUT2D eigenvalue weighted by atomic mass is 19.4. The first-order valence-electron chi connectivity index (χ1n) is 6.57. The normalized spacial score (nSPS) is 15.8. The number of isocyanates is 1. The Morgan fingerprint density at radius 1 is 0.500 bits per heavy atom. The van der Waals surface area contributed by atoms with E-state index in [1.54, 1.807) is 0 Å². The van der Waals surface area contributed by atoms with E-state index in [-0.39, 0.29) is 0 Å². The van der Waals surface area contributed by atoms with Gasteiger partial charge in [0.25, 0.3) is 0 Å². The molecule has 0 atom stereocenters. The maximum atomic E-state index is 13.3. The van der Waals surface area contributed by atoms with Crippen LogP contribution >= 0.6 is 0 Å². The fourth-order valence-electron chi connectivity index (χ4n) is 1.59. The van der Waals surface area contributed by atoms with Crippen molar-refractivity contribution in [3.63, 3.8) is 0 Å². The number of rotatable bonds is 9. The maximum absolute atomic E-state index is 13.3. The van der Waals surface area contributed by atoms with E-state index in [4.69, 9.17) is 0 Å². The summed E-state index contributed by atoms with van der Waals surface area (Å²) in [4.78, 5) is 10.1. The molecule has 178 valence electrons. The molecule has 0 radical (unpaired) electrons. The van der Waals surface area contributed by atoms with Crippen LogP contribution in [0.4, 0.5) is 74.6 Å². The SMILES string of the molecule is O=C=NC(F)(F)C(F)(F)C(F)(F)C(F)(F)C(F)(F)C(F)(F)C(F)(F)CCC(F)(F)F. The average molecular weight is 489 g/mol. The van der Waals surface area contributed by atoms with E-state index in [1.165, 1.54) is 0 Å². The molecule has 0 saturated carbocycles. The van der Waals surface area contributed by atoms with Gasteiger partial charge < -0.3 is 0 Å². The number of alkyl halides is 17. The zero-order valence-electron chi connectivity index (χ0n) is 13.2. The highest BCUT2D eigenvalue weighted by molar-refractivity contribution is 5.34. The molecule has 0 aromatic carbocycles. The largest absolute Gasteiger partial charge is 0.421 e. The smallest absolute Gasteiger partial charge is 0.211 e. The van der Waals surface area contributed by atoms with Crippen molar-refractivity contribution < 1.29 is 79.4 Å². The minimum absolute atomic E-state index is 0.534. The Hall–Kier alpha value is -1.81. The summed E-state index contributed by atoms with van der Waals surface area (Å²) in [7, 11) is 0. The van der Waals surface area contributed by atoms with Crippen molar-refractivity contribution in [1.82, 2.24) is 0 Å². The lowest BCUT2D eigenvalue weighted by atomic mass is 9.89. The predicted molar refractivity (Wildman–Crippen MR) is 58.0 cm³/mol. The quantitative estimate of drug-likeness (QED) is 0.167. The molecule has 2 nitrogen and oxygen atoms in total. The highest BCUT2D eigenvalue weighted by Crippen LogP contribution is 2.62. The minimum atomic E-state index is -8.45. The van der Waals surface area contributed by atoms with Gasteiger partial charge in [0.15, 0.2) is 0 Å². The molecule has 0 aromatic rings. The summed E-state index contributed by atoms with van der Waals surface area (Å²) in [5, 5.41) is 0. The van der Waals surface area contributed by atoms with E-state index in [0.29, 0.717) is 4.99 Å². The Morgan fingerprint density at radius 3 is 1.17 bits per heavy atom. The van der Waals surface area contributed by atoms with Crippen molar-refractivity contribution >= 4 is 6.08 Å².